The molecule has 0 unspecified atom stereocenters. The number of hydrogen-bond donors (Lipinski definition) is 1. The number of hydrogen-bond acceptors (Lipinski definition) is 4. The highest BCUT2D eigenvalue weighted by atomic mass is 35.5. The molecule has 1 aliphatic rings. The van der Waals surface area contributed by atoms with Gasteiger partial charge in [-0.15, -0.1) is 11.8 Å². The predicted octanol–water partition coefficient (Wildman–Crippen LogP) is 4.12. The Hall–Kier alpha value is -1.36. The molecule has 2 N–H and O–H groups in total. The monoisotopic (exact) mass is 321 g/mol. The maximum absolute atomic E-state index is 6.06. The van der Waals surface area contributed by atoms with Gasteiger partial charge in [-0.05, 0) is 42.8 Å². The van der Waals surface area contributed by atoms with E-state index in [9.17, 15) is 0 Å². The number of nitrogens with two attached hydrogens (primary N) is 1. The average molecular weight is 322 g/mol. The van der Waals surface area contributed by atoms with Crippen molar-refractivity contribution in [2.45, 2.75) is 11.3 Å². The van der Waals surface area contributed by atoms with Crippen LogP contribution in [-0.2, 0) is 6.42 Å². The fourth-order valence-corrected chi connectivity index (χ4v) is 3.17. The summed E-state index contributed by atoms with van der Waals surface area (Å²) in [6, 6.07) is 11.5. The second-order valence-electron chi connectivity index (χ2n) is 4.70. The smallest absolute Gasteiger partial charge is 0.136 e. The van der Waals surface area contributed by atoms with Gasteiger partial charge in [-0.25, -0.2) is 0 Å². The Morgan fingerprint density at radius 2 is 2.14 bits per heavy atom. The van der Waals surface area contributed by atoms with Gasteiger partial charge in [-0.3, -0.25) is 0 Å². The Balaban J connectivity index is 1.87. The normalized spacial score (nSPS) is 13.4. The Labute approximate surface area is 133 Å². The molecule has 1 aliphatic heterocycles. The molecule has 2 aromatic carbocycles. The highest BCUT2D eigenvalue weighted by molar-refractivity contribution is 7.99. The number of halogens is 1. The molecule has 3 rings (SSSR count). The molecule has 0 amide bonds. The third-order valence-corrected chi connectivity index (χ3v) is 4.44. The molecule has 2 aromatic rings. The lowest BCUT2D eigenvalue weighted by molar-refractivity contribution is 0.327. The van der Waals surface area contributed by atoms with Gasteiger partial charge in [0.1, 0.15) is 17.2 Å². The molecule has 0 saturated heterocycles. The number of benzene rings is 2. The van der Waals surface area contributed by atoms with Crippen LogP contribution in [0, 0.1) is 0 Å². The lowest BCUT2D eigenvalue weighted by atomic mass is 10.1. The summed E-state index contributed by atoms with van der Waals surface area (Å²) in [5, 5.41) is 0.649. The van der Waals surface area contributed by atoms with Crippen molar-refractivity contribution in [3.63, 3.8) is 0 Å². The first-order chi connectivity index (χ1) is 10.3. The SMILES string of the molecule is NCCc1ccc(Cl)cc1Oc1ccc2c(c1)OCCS2. The van der Waals surface area contributed by atoms with Crippen molar-refractivity contribution in [1.29, 1.82) is 0 Å². The molecular weight excluding hydrogens is 306 g/mol. The molecular formula is C16H16ClNO2S. The van der Waals surface area contributed by atoms with Crippen molar-refractivity contribution in [1.82, 2.24) is 0 Å². The van der Waals surface area contributed by atoms with Crippen LogP contribution in [0.1, 0.15) is 5.56 Å². The standard InChI is InChI=1S/C16H16ClNO2S/c17-12-2-1-11(5-6-18)14(9-12)20-13-3-4-16-15(10-13)19-7-8-21-16/h1-4,9-10H,5-8,18H2. The largest absolute Gasteiger partial charge is 0.491 e. The van der Waals surface area contributed by atoms with E-state index < -0.39 is 0 Å². The minimum Gasteiger partial charge on any atom is -0.491 e. The summed E-state index contributed by atoms with van der Waals surface area (Å²) in [6.45, 7) is 1.30. The Morgan fingerprint density at radius 1 is 1.24 bits per heavy atom. The maximum atomic E-state index is 6.06. The number of rotatable bonds is 4. The molecule has 0 bridgehead atoms. The van der Waals surface area contributed by atoms with Crippen molar-refractivity contribution in [3.8, 4) is 17.2 Å². The van der Waals surface area contributed by atoms with Gasteiger partial charge in [-0.1, -0.05) is 17.7 Å². The van der Waals surface area contributed by atoms with E-state index in [-0.39, 0.29) is 0 Å². The van der Waals surface area contributed by atoms with E-state index in [1.165, 1.54) is 0 Å². The van der Waals surface area contributed by atoms with Crippen LogP contribution in [-0.4, -0.2) is 18.9 Å². The van der Waals surface area contributed by atoms with Crippen molar-refractivity contribution < 1.29 is 9.47 Å². The number of ether oxygens (including phenoxy) is 2. The Kier molecular flexibility index (Phi) is 4.58. The molecule has 0 aliphatic carbocycles. The van der Waals surface area contributed by atoms with Crippen LogP contribution in [0.2, 0.25) is 5.02 Å². The fourth-order valence-electron chi connectivity index (χ4n) is 2.20. The summed E-state index contributed by atoms with van der Waals surface area (Å²) in [6.07, 6.45) is 0.754. The average Bonchev–Trinajstić information content (AvgIpc) is 2.50. The van der Waals surface area contributed by atoms with Crippen molar-refractivity contribution in [3.05, 3.63) is 47.0 Å². The summed E-state index contributed by atoms with van der Waals surface area (Å²) in [4.78, 5) is 1.15. The maximum Gasteiger partial charge on any atom is 0.136 e. The van der Waals surface area contributed by atoms with Gasteiger partial charge in [0.2, 0.25) is 0 Å². The molecule has 0 atom stereocenters. The van der Waals surface area contributed by atoms with E-state index in [0.717, 1.165) is 46.5 Å². The van der Waals surface area contributed by atoms with Gasteiger partial charge < -0.3 is 15.2 Å². The Bertz CT molecular complexity index is 648. The zero-order valence-electron chi connectivity index (χ0n) is 11.5. The van der Waals surface area contributed by atoms with Crippen molar-refractivity contribution >= 4 is 23.4 Å². The van der Waals surface area contributed by atoms with E-state index in [0.29, 0.717) is 11.6 Å². The zero-order valence-corrected chi connectivity index (χ0v) is 13.0. The quantitative estimate of drug-likeness (QED) is 0.920. The van der Waals surface area contributed by atoms with Crippen LogP contribution in [0.4, 0.5) is 0 Å². The van der Waals surface area contributed by atoms with E-state index in [1.54, 1.807) is 11.8 Å². The van der Waals surface area contributed by atoms with Gasteiger partial charge in [-0.2, -0.15) is 0 Å². The van der Waals surface area contributed by atoms with E-state index in [4.69, 9.17) is 26.8 Å². The van der Waals surface area contributed by atoms with Crippen molar-refractivity contribution in [2.75, 3.05) is 18.9 Å². The molecule has 21 heavy (non-hydrogen) atoms. The summed E-state index contributed by atoms with van der Waals surface area (Å²) in [7, 11) is 0. The van der Waals surface area contributed by atoms with Gasteiger partial charge >= 0.3 is 0 Å². The third-order valence-electron chi connectivity index (χ3n) is 3.18. The first-order valence-electron chi connectivity index (χ1n) is 6.82. The molecule has 0 spiro atoms. The third kappa shape index (κ3) is 3.46. The second-order valence-corrected chi connectivity index (χ2v) is 6.27. The minimum absolute atomic E-state index is 0.571. The van der Waals surface area contributed by atoms with Crippen molar-refractivity contribution in [2.24, 2.45) is 5.73 Å². The second kappa shape index (κ2) is 6.60. The molecule has 1 heterocycles. The minimum atomic E-state index is 0.571. The van der Waals surface area contributed by atoms with E-state index >= 15 is 0 Å². The highest BCUT2D eigenvalue weighted by Gasteiger charge is 2.13. The van der Waals surface area contributed by atoms with E-state index in [2.05, 4.69) is 0 Å². The lowest BCUT2D eigenvalue weighted by Crippen LogP contribution is -2.06. The zero-order chi connectivity index (χ0) is 14.7. The van der Waals surface area contributed by atoms with Gasteiger partial charge in [0.25, 0.3) is 0 Å². The molecule has 3 nitrogen and oxygen atoms in total. The molecule has 0 aromatic heterocycles. The van der Waals surface area contributed by atoms with E-state index in [1.807, 2.05) is 36.4 Å². The van der Waals surface area contributed by atoms with Crippen LogP contribution in [0.3, 0.4) is 0 Å². The number of fused-ring (bicyclic) bond motifs is 1. The highest BCUT2D eigenvalue weighted by Crippen LogP contribution is 2.37. The van der Waals surface area contributed by atoms with Gasteiger partial charge in [0.15, 0.2) is 0 Å². The lowest BCUT2D eigenvalue weighted by Gasteiger charge is -2.18. The summed E-state index contributed by atoms with van der Waals surface area (Å²) in [5.74, 6) is 3.36. The topological polar surface area (TPSA) is 44.5 Å². The fraction of sp³-hybridized carbons (Fsp3) is 0.250. The van der Waals surface area contributed by atoms with Gasteiger partial charge in [0.05, 0.1) is 6.61 Å². The number of thioether (sulfide) groups is 1. The predicted molar refractivity (Wildman–Crippen MR) is 86.9 cm³/mol. The van der Waals surface area contributed by atoms with Crippen LogP contribution < -0.4 is 15.2 Å². The molecule has 0 fully saturated rings. The molecule has 110 valence electrons. The molecule has 0 saturated carbocycles. The summed E-state index contributed by atoms with van der Waals surface area (Å²) in [5.41, 5.74) is 6.69. The van der Waals surface area contributed by atoms with Crippen LogP contribution >= 0.6 is 23.4 Å². The molecule has 5 heteroatoms. The van der Waals surface area contributed by atoms with Crippen LogP contribution in [0.5, 0.6) is 17.2 Å². The summed E-state index contributed by atoms with van der Waals surface area (Å²) >= 11 is 7.86. The van der Waals surface area contributed by atoms with Crippen LogP contribution in [0.25, 0.3) is 0 Å². The molecule has 0 radical (unpaired) electrons. The Morgan fingerprint density at radius 3 is 3.00 bits per heavy atom. The van der Waals surface area contributed by atoms with Gasteiger partial charge in [0, 0.05) is 21.7 Å². The first-order valence-corrected chi connectivity index (χ1v) is 8.18. The van der Waals surface area contributed by atoms with Crippen LogP contribution in [0.15, 0.2) is 41.3 Å². The first kappa shape index (κ1) is 14.6. The summed E-state index contributed by atoms with van der Waals surface area (Å²) < 4.78 is 11.6.